The molecule has 3 aromatic carbocycles. The van der Waals surface area contributed by atoms with Crippen LogP contribution in [0.4, 0.5) is 10.1 Å². The predicted octanol–water partition coefficient (Wildman–Crippen LogP) is 5.42. The van der Waals surface area contributed by atoms with Gasteiger partial charge in [-0.2, -0.15) is 5.26 Å². The van der Waals surface area contributed by atoms with E-state index < -0.39 is 11.9 Å². The molecule has 0 heterocycles. The van der Waals surface area contributed by atoms with Crippen LogP contribution in [0.5, 0.6) is 11.5 Å². The molecule has 0 aliphatic carbocycles. The number of hydrogen-bond acceptors (Lipinski definition) is 5. The Balaban J connectivity index is 1.80. The molecule has 7 nitrogen and oxygen atoms in total. The van der Waals surface area contributed by atoms with E-state index in [-0.39, 0.29) is 23.6 Å². The maximum Gasteiger partial charge on any atom is 0.335 e. The van der Waals surface area contributed by atoms with Crippen molar-refractivity contribution in [2.75, 3.05) is 12.4 Å². The fourth-order valence-corrected chi connectivity index (χ4v) is 3.51. The fraction of sp³-hybridized carbons (Fsp3) is 0.0800. The van der Waals surface area contributed by atoms with E-state index in [0.29, 0.717) is 32.8 Å². The zero-order chi connectivity index (χ0) is 24.7. The molecule has 0 atom stereocenters. The van der Waals surface area contributed by atoms with Crippen LogP contribution in [0.1, 0.15) is 21.5 Å². The maximum atomic E-state index is 13.9. The number of ether oxygens (including phenoxy) is 2. The van der Waals surface area contributed by atoms with Gasteiger partial charge in [-0.1, -0.05) is 18.2 Å². The zero-order valence-electron chi connectivity index (χ0n) is 17.8. The lowest BCUT2D eigenvalue weighted by Gasteiger charge is -2.14. The minimum atomic E-state index is -1.09. The molecule has 0 fully saturated rings. The number of nitriles is 1. The van der Waals surface area contributed by atoms with Crippen LogP contribution in [0.15, 0.2) is 70.7 Å². The van der Waals surface area contributed by atoms with E-state index in [9.17, 15) is 19.2 Å². The second-order valence-corrected chi connectivity index (χ2v) is 7.77. The number of nitrogens with zero attached hydrogens (tertiary/aromatic N) is 1. The van der Waals surface area contributed by atoms with E-state index in [0.717, 1.165) is 0 Å². The van der Waals surface area contributed by atoms with Crippen LogP contribution in [-0.4, -0.2) is 24.1 Å². The minimum absolute atomic E-state index is 0.0245. The Morgan fingerprint density at radius 1 is 1.18 bits per heavy atom. The third-order valence-electron chi connectivity index (χ3n) is 4.65. The van der Waals surface area contributed by atoms with Gasteiger partial charge < -0.3 is 19.9 Å². The molecule has 0 aromatic heterocycles. The third-order valence-corrected chi connectivity index (χ3v) is 5.24. The molecule has 0 bridgehead atoms. The highest BCUT2D eigenvalue weighted by atomic mass is 79.9. The van der Waals surface area contributed by atoms with Gasteiger partial charge in [0.1, 0.15) is 24.1 Å². The molecule has 3 aromatic rings. The van der Waals surface area contributed by atoms with E-state index in [2.05, 4.69) is 21.2 Å². The monoisotopic (exact) mass is 524 g/mol. The lowest BCUT2D eigenvalue weighted by Crippen LogP contribution is -2.13. The van der Waals surface area contributed by atoms with Crippen LogP contribution in [0.25, 0.3) is 6.08 Å². The highest BCUT2D eigenvalue weighted by Gasteiger charge is 2.15. The first-order valence-electron chi connectivity index (χ1n) is 9.82. The number of hydrogen-bond donors (Lipinski definition) is 2. The van der Waals surface area contributed by atoms with E-state index in [4.69, 9.17) is 14.6 Å². The molecule has 0 saturated heterocycles. The number of methoxy groups -OCH3 is 1. The summed E-state index contributed by atoms with van der Waals surface area (Å²) in [6.07, 6.45) is 1.37. The molecule has 1 amide bonds. The van der Waals surface area contributed by atoms with Crippen molar-refractivity contribution >= 4 is 39.6 Å². The Morgan fingerprint density at radius 3 is 2.50 bits per heavy atom. The average molecular weight is 525 g/mol. The quantitative estimate of drug-likeness (QED) is 0.300. The fourth-order valence-electron chi connectivity index (χ4n) is 2.94. The van der Waals surface area contributed by atoms with Crippen LogP contribution in [0, 0.1) is 17.1 Å². The Morgan fingerprint density at radius 2 is 1.88 bits per heavy atom. The number of amides is 1. The molecule has 172 valence electrons. The van der Waals surface area contributed by atoms with Gasteiger partial charge in [-0.15, -0.1) is 0 Å². The van der Waals surface area contributed by atoms with Gasteiger partial charge in [-0.25, -0.2) is 9.18 Å². The Labute approximate surface area is 203 Å². The summed E-state index contributed by atoms with van der Waals surface area (Å²) in [7, 11) is 1.43. The molecule has 0 spiro atoms. The number of anilines is 1. The van der Waals surface area contributed by atoms with Crippen molar-refractivity contribution in [3.8, 4) is 17.6 Å². The van der Waals surface area contributed by atoms with Gasteiger partial charge in [-0.05, 0) is 70.0 Å². The summed E-state index contributed by atoms with van der Waals surface area (Å²) < 4.78 is 25.5. The van der Waals surface area contributed by atoms with Crippen molar-refractivity contribution in [1.29, 1.82) is 5.26 Å². The van der Waals surface area contributed by atoms with Gasteiger partial charge in [0.2, 0.25) is 0 Å². The van der Waals surface area contributed by atoms with Gasteiger partial charge in [0, 0.05) is 11.3 Å². The predicted molar refractivity (Wildman–Crippen MR) is 127 cm³/mol. The first-order valence-corrected chi connectivity index (χ1v) is 10.6. The van der Waals surface area contributed by atoms with E-state index in [1.807, 2.05) is 6.07 Å². The van der Waals surface area contributed by atoms with Crippen molar-refractivity contribution in [3.05, 3.63) is 93.2 Å². The largest absolute Gasteiger partial charge is 0.493 e. The molecular weight excluding hydrogens is 507 g/mol. The van der Waals surface area contributed by atoms with Crippen molar-refractivity contribution in [1.82, 2.24) is 0 Å². The Bertz CT molecular complexity index is 1300. The molecule has 0 aliphatic heterocycles. The van der Waals surface area contributed by atoms with Crippen LogP contribution >= 0.6 is 15.9 Å². The molecule has 0 unspecified atom stereocenters. The van der Waals surface area contributed by atoms with Crippen LogP contribution in [-0.2, 0) is 11.4 Å². The van der Waals surface area contributed by atoms with Gasteiger partial charge in [0.05, 0.1) is 17.1 Å². The van der Waals surface area contributed by atoms with E-state index >= 15 is 0 Å². The van der Waals surface area contributed by atoms with Crippen molar-refractivity contribution in [2.45, 2.75) is 6.61 Å². The van der Waals surface area contributed by atoms with Crippen LogP contribution < -0.4 is 14.8 Å². The lowest BCUT2D eigenvalue weighted by atomic mass is 10.1. The first kappa shape index (κ1) is 24.5. The normalized spacial score (nSPS) is 10.8. The summed E-state index contributed by atoms with van der Waals surface area (Å²) in [6, 6.07) is 16.8. The van der Waals surface area contributed by atoms with E-state index in [1.54, 1.807) is 30.3 Å². The minimum Gasteiger partial charge on any atom is -0.493 e. The summed E-state index contributed by atoms with van der Waals surface area (Å²) in [4.78, 5) is 23.5. The number of nitrogens with one attached hydrogen (secondary N) is 1. The summed E-state index contributed by atoms with van der Waals surface area (Å²) in [5.74, 6) is -1.49. The van der Waals surface area contributed by atoms with Gasteiger partial charge >= 0.3 is 5.97 Å². The second kappa shape index (κ2) is 11.1. The van der Waals surface area contributed by atoms with Gasteiger partial charge in [0.15, 0.2) is 11.5 Å². The smallest absolute Gasteiger partial charge is 0.335 e. The highest BCUT2D eigenvalue weighted by molar-refractivity contribution is 9.10. The zero-order valence-corrected chi connectivity index (χ0v) is 19.4. The SMILES string of the molecule is COc1cc(/C=C(\C#N)C(=O)Nc2ccc(C(=O)O)cc2)cc(Br)c1OCc1ccccc1F. The highest BCUT2D eigenvalue weighted by Crippen LogP contribution is 2.38. The van der Waals surface area contributed by atoms with Crippen molar-refractivity contribution in [3.63, 3.8) is 0 Å². The Hall–Kier alpha value is -4.16. The maximum absolute atomic E-state index is 13.9. The van der Waals surface area contributed by atoms with Crippen LogP contribution in [0.3, 0.4) is 0 Å². The molecule has 34 heavy (non-hydrogen) atoms. The van der Waals surface area contributed by atoms with Gasteiger partial charge in [-0.3, -0.25) is 4.79 Å². The van der Waals surface area contributed by atoms with Crippen molar-refractivity contribution < 1.29 is 28.6 Å². The third kappa shape index (κ3) is 5.99. The standard InChI is InChI=1S/C25H18BrFN2O5/c1-33-22-12-15(11-20(26)23(22)34-14-17-4-2-3-5-21(17)27)10-18(13-28)24(30)29-19-8-6-16(7-9-19)25(31)32/h2-12H,14H2,1H3,(H,29,30)(H,31,32)/b18-10+. The molecule has 0 aliphatic rings. The molecular formula is C25H18BrFN2O5. The summed E-state index contributed by atoms with van der Waals surface area (Å²) in [5, 5.41) is 21.0. The number of carbonyl (C=O) groups is 2. The Kier molecular flexibility index (Phi) is 8.01. The number of carbonyl (C=O) groups excluding carboxylic acids is 1. The average Bonchev–Trinajstić information content (AvgIpc) is 2.82. The second-order valence-electron chi connectivity index (χ2n) is 6.92. The number of carboxylic acids is 1. The number of rotatable bonds is 8. The summed E-state index contributed by atoms with van der Waals surface area (Å²) in [6.45, 7) is -0.0245. The first-order chi connectivity index (χ1) is 16.3. The van der Waals surface area contributed by atoms with Gasteiger partial charge in [0.25, 0.3) is 5.91 Å². The number of carboxylic acid groups (broad SMARTS) is 1. The number of aromatic carboxylic acids is 1. The van der Waals surface area contributed by atoms with Crippen LogP contribution in [0.2, 0.25) is 0 Å². The molecule has 0 saturated carbocycles. The number of halogens is 2. The van der Waals surface area contributed by atoms with E-state index in [1.165, 1.54) is 43.5 Å². The molecule has 0 radical (unpaired) electrons. The molecule has 3 rings (SSSR count). The molecule has 2 N–H and O–H groups in total. The lowest BCUT2D eigenvalue weighted by molar-refractivity contribution is -0.112. The molecule has 9 heteroatoms. The summed E-state index contributed by atoms with van der Waals surface area (Å²) in [5.41, 5.74) is 1.08. The summed E-state index contributed by atoms with van der Waals surface area (Å²) >= 11 is 3.39. The number of benzene rings is 3. The topological polar surface area (TPSA) is 109 Å². The van der Waals surface area contributed by atoms with Crippen molar-refractivity contribution in [2.24, 2.45) is 0 Å².